The van der Waals surface area contributed by atoms with E-state index in [1.165, 1.54) is 17.5 Å². The molecular weight excluding hydrogens is 265 g/mol. The molecule has 98 valence electrons. The Morgan fingerprint density at radius 1 is 1.42 bits per heavy atom. The monoisotopic (exact) mass is 277 g/mol. The molecule has 0 bridgehead atoms. The van der Waals surface area contributed by atoms with Crippen LogP contribution in [-0.2, 0) is 0 Å². The third-order valence-corrected chi connectivity index (χ3v) is 3.43. The van der Waals surface area contributed by atoms with Crippen molar-refractivity contribution in [3.8, 4) is 11.3 Å². The van der Waals surface area contributed by atoms with Gasteiger partial charge in [-0.2, -0.15) is 0 Å². The Morgan fingerprint density at radius 3 is 3.16 bits per heavy atom. The lowest BCUT2D eigenvalue weighted by atomic mass is 10.2. The highest BCUT2D eigenvalue weighted by Gasteiger charge is 2.11. The summed E-state index contributed by atoms with van der Waals surface area (Å²) in [6, 6.07) is 1.62. The van der Waals surface area contributed by atoms with Crippen molar-refractivity contribution in [1.29, 1.82) is 0 Å². The quantitative estimate of drug-likeness (QED) is 0.882. The fourth-order valence-electron chi connectivity index (χ4n) is 1.76. The molecule has 2 aromatic heterocycles. The van der Waals surface area contributed by atoms with Crippen LogP contribution < -0.4 is 10.6 Å². The number of aliphatic imine (C=N–C) groups is 1. The molecule has 0 unspecified atom stereocenters. The predicted octanol–water partition coefficient (Wildman–Crippen LogP) is 2.11. The van der Waals surface area contributed by atoms with Crippen molar-refractivity contribution in [2.24, 2.45) is 4.99 Å². The first-order valence-corrected chi connectivity index (χ1v) is 6.81. The maximum atomic E-state index is 13.6. The second-order valence-electron chi connectivity index (χ2n) is 4.03. The van der Waals surface area contributed by atoms with Gasteiger partial charge in [0.1, 0.15) is 0 Å². The summed E-state index contributed by atoms with van der Waals surface area (Å²) < 4.78 is 13.6. The van der Waals surface area contributed by atoms with Gasteiger partial charge in [0.15, 0.2) is 16.9 Å². The first-order chi connectivity index (χ1) is 9.33. The van der Waals surface area contributed by atoms with Gasteiger partial charge in [-0.3, -0.25) is 9.98 Å². The summed E-state index contributed by atoms with van der Waals surface area (Å²) in [6.07, 6.45) is 3.78. The van der Waals surface area contributed by atoms with E-state index in [4.69, 9.17) is 0 Å². The van der Waals surface area contributed by atoms with Crippen molar-refractivity contribution in [3.05, 3.63) is 29.7 Å². The second-order valence-corrected chi connectivity index (χ2v) is 4.89. The van der Waals surface area contributed by atoms with Gasteiger partial charge in [0.05, 0.1) is 11.9 Å². The summed E-state index contributed by atoms with van der Waals surface area (Å²) in [6.45, 7) is 1.72. The van der Waals surface area contributed by atoms with Gasteiger partial charge >= 0.3 is 0 Å². The Labute approximate surface area is 113 Å². The molecule has 19 heavy (non-hydrogen) atoms. The minimum Gasteiger partial charge on any atom is -0.356 e. The van der Waals surface area contributed by atoms with Gasteiger partial charge in [0, 0.05) is 30.2 Å². The molecule has 2 aromatic rings. The van der Waals surface area contributed by atoms with E-state index < -0.39 is 0 Å². The number of aromatic nitrogens is 2. The van der Waals surface area contributed by atoms with Gasteiger partial charge in [0.2, 0.25) is 0 Å². The number of nitrogens with one attached hydrogen (secondary N) is 2. The Morgan fingerprint density at radius 2 is 2.37 bits per heavy atom. The zero-order chi connectivity index (χ0) is 13.1. The van der Waals surface area contributed by atoms with E-state index in [-0.39, 0.29) is 5.82 Å². The molecule has 2 N–H and O–H groups in total. The van der Waals surface area contributed by atoms with Gasteiger partial charge in [-0.15, -0.1) is 11.3 Å². The third-order valence-electron chi connectivity index (χ3n) is 2.68. The van der Waals surface area contributed by atoms with Crippen molar-refractivity contribution in [3.63, 3.8) is 0 Å². The fraction of sp³-hybridized carbons (Fsp3) is 0.250. The summed E-state index contributed by atoms with van der Waals surface area (Å²) in [7, 11) is 0. The van der Waals surface area contributed by atoms with Gasteiger partial charge in [-0.05, 0) is 12.5 Å². The van der Waals surface area contributed by atoms with Gasteiger partial charge < -0.3 is 10.6 Å². The van der Waals surface area contributed by atoms with E-state index >= 15 is 0 Å². The van der Waals surface area contributed by atoms with Crippen LogP contribution in [0.4, 0.5) is 9.52 Å². The molecule has 1 aliphatic heterocycles. The van der Waals surface area contributed by atoms with Crippen LogP contribution >= 0.6 is 11.3 Å². The fourth-order valence-corrected chi connectivity index (χ4v) is 2.46. The summed E-state index contributed by atoms with van der Waals surface area (Å²) in [5, 5.41) is 8.75. The average Bonchev–Trinajstić information content (AvgIpc) is 2.89. The number of thiazole rings is 1. The Bertz CT molecular complexity index is 610. The van der Waals surface area contributed by atoms with Crippen molar-refractivity contribution in [2.45, 2.75) is 6.42 Å². The molecular formula is C12H12FN5S. The van der Waals surface area contributed by atoms with Gasteiger partial charge in [0.25, 0.3) is 0 Å². The summed E-state index contributed by atoms with van der Waals surface area (Å²) >= 11 is 1.42. The van der Waals surface area contributed by atoms with E-state index in [0.29, 0.717) is 16.4 Å². The van der Waals surface area contributed by atoms with Crippen molar-refractivity contribution in [1.82, 2.24) is 15.3 Å². The summed E-state index contributed by atoms with van der Waals surface area (Å²) in [4.78, 5) is 12.4. The van der Waals surface area contributed by atoms with Crippen LogP contribution in [0.2, 0.25) is 0 Å². The van der Waals surface area contributed by atoms with E-state index in [0.717, 1.165) is 25.5 Å². The molecule has 0 saturated carbocycles. The van der Waals surface area contributed by atoms with Crippen LogP contribution in [0.5, 0.6) is 0 Å². The lowest BCUT2D eigenvalue weighted by Gasteiger charge is -2.14. The number of hydrogen-bond acceptors (Lipinski definition) is 6. The topological polar surface area (TPSA) is 62.2 Å². The number of anilines is 1. The molecule has 0 aliphatic carbocycles. The number of hydrogen-bond donors (Lipinski definition) is 2. The molecule has 0 atom stereocenters. The zero-order valence-corrected chi connectivity index (χ0v) is 10.9. The maximum Gasteiger partial charge on any atom is 0.197 e. The highest BCUT2D eigenvalue weighted by atomic mass is 32.1. The van der Waals surface area contributed by atoms with E-state index in [9.17, 15) is 4.39 Å². The second kappa shape index (κ2) is 5.31. The SMILES string of the molecule is Fc1cnccc1-c1csc(NC2=NCCCN2)n1. The zero-order valence-electron chi connectivity index (χ0n) is 10.1. The van der Waals surface area contributed by atoms with Gasteiger partial charge in [-0.25, -0.2) is 9.37 Å². The minimum atomic E-state index is -0.368. The predicted molar refractivity (Wildman–Crippen MR) is 73.8 cm³/mol. The third kappa shape index (κ3) is 2.70. The summed E-state index contributed by atoms with van der Waals surface area (Å²) in [5.41, 5.74) is 1.06. The molecule has 3 heterocycles. The van der Waals surface area contributed by atoms with E-state index in [1.54, 1.807) is 12.3 Å². The van der Waals surface area contributed by atoms with Crippen LogP contribution in [0, 0.1) is 5.82 Å². The molecule has 1 aliphatic rings. The molecule has 0 aromatic carbocycles. The molecule has 0 spiro atoms. The van der Waals surface area contributed by atoms with Crippen molar-refractivity contribution >= 4 is 22.4 Å². The molecule has 0 saturated heterocycles. The van der Waals surface area contributed by atoms with E-state index in [1.807, 2.05) is 5.38 Å². The smallest absolute Gasteiger partial charge is 0.197 e. The molecule has 3 rings (SSSR count). The number of nitrogens with zero attached hydrogens (tertiary/aromatic N) is 3. The molecule has 0 fully saturated rings. The molecule has 0 amide bonds. The first kappa shape index (κ1) is 12.0. The molecule has 7 heteroatoms. The first-order valence-electron chi connectivity index (χ1n) is 5.94. The number of guanidine groups is 1. The van der Waals surface area contributed by atoms with Crippen molar-refractivity contribution in [2.75, 3.05) is 18.4 Å². The standard InChI is InChI=1S/C12H12FN5S/c13-9-6-14-5-2-8(9)10-7-19-12(17-10)18-11-15-3-1-4-16-11/h2,5-7H,1,3-4H2,(H2,15,16,17,18). The highest BCUT2D eigenvalue weighted by molar-refractivity contribution is 7.14. The molecule has 5 nitrogen and oxygen atoms in total. The van der Waals surface area contributed by atoms with Crippen LogP contribution in [0.1, 0.15) is 6.42 Å². The largest absolute Gasteiger partial charge is 0.356 e. The number of pyridine rings is 1. The van der Waals surface area contributed by atoms with Crippen LogP contribution in [0.3, 0.4) is 0 Å². The van der Waals surface area contributed by atoms with Crippen LogP contribution in [0.15, 0.2) is 28.8 Å². The normalized spacial score (nSPS) is 14.7. The minimum absolute atomic E-state index is 0.368. The van der Waals surface area contributed by atoms with Crippen molar-refractivity contribution < 1.29 is 4.39 Å². The highest BCUT2D eigenvalue weighted by Crippen LogP contribution is 2.26. The number of halogens is 1. The van der Waals surface area contributed by atoms with Crippen LogP contribution in [-0.4, -0.2) is 29.0 Å². The van der Waals surface area contributed by atoms with Gasteiger partial charge in [-0.1, -0.05) is 0 Å². The lowest BCUT2D eigenvalue weighted by Crippen LogP contribution is -2.35. The Balaban J connectivity index is 1.80. The maximum absolute atomic E-state index is 13.6. The summed E-state index contributed by atoms with van der Waals surface area (Å²) in [5.74, 6) is 0.356. The van der Waals surface area contributed by atoms with E-state index in [2.05, 4.69) is 25.6 Å². The van der Waals surface area contributed by atoms with Crippen LogP contribution in [0.25, 0.3) is 11.3 Å². The number of rotatable bonds is 2. The lowest BCUT2D eigenvalue weighted by molar-refractivity contribution is 0.624. The Hall–Kier alpha value is -2.02. The Kier molecular flexibility index (Phi) is 3.37. The average molecular weight is 277 g/mol. The molecule has 0 radical (unpaired) electrons.